The van der Waals surface area contributed by atoms with Crippen molar-refractivity contribution in [2.24, 2.45) is 5.92 Å². The fraction of sp³-hybridized carbons (Fsp3) is 0.625. The first-order chi connectivity index (χ1) is 11.1. The lowest BCUT2D eigenvalue weighted by molar-refractivity contribution is 0.253. The fourth-order valence-corrected chi connectivity index (χ4v) is 2.98. The van der Waals surface area contributed by atoms with E-state index in [1.54, 1.807) is 24.3 Å². The minimum atomic E-state index is -2.67. The van der Waals surface area contributed by atoms with Gasteiger partial charge in [-0.15, -0.1) is 0 Å². The SMILES string of the molecule is [2H]C([2H])([2H])N(CC(c1ccc(O)cc1)C1CCCCC1)C([2H])([2H])[2H]. The number of hydrogen-bond donors (Lipinski definition) is 1. The molecule has 1 aromatic carbocycles. The number of hydrogen-bond acceptors (Lipinski definition) is 2. The van der Waals surface area contributed by atoms with Gasteiger partial charge < -0.3 is 10.0 Å². The molecule has 1 saturated carbocycles. The molecule has 0 heterocycles. The molecule has 0 saturated heterocycles. The predicted molar refractivity (Wildman–Crippen MR) is 76.0 cm³/mol. The van der Waals surface area contributed by atoms with Gasteiger partial charge in [-0.25, -0.2) is 0 Å². The van der Waals surface area contributed by atoms with Crippen LogP contribution in [-0.2, 0) is 0 Å². The van der Waals surface area contributed by atoms with Gasteiger partial charge in [-0.1, -0.05) is 31.4 Å². The quantitative estimate of drug-likeness (QED) is 0.886. The summed E-state index contributed by atoms with van der Waals surface area (Å²) in [5.74, 6) is 0.229. The van der Waals surface area contributed by atoms with Gasteiger partial charge in [-0.05, 0) is 56.3 Å². The molecule has 2 heteroatoms. The second kappa shape index (κ2) is 6.24. The maximum Gasteiger partial charge on any atom is 0.115 e. The van der Waals surface area contributed by atoms with Gasteiger partial charge in [0.15, 0.2) is 0 Å². The topological polar surface area (TPSA) is 23.5 Å². The Bertz CT molecular complexity index is 505. The number of phenolic OH excluding ortho intramolecular Hbond substituents is 1. The van der Waals surface area contributed by atoms with Crippen molar-refractivity contribution in [2.75, 3.05) is 20.5 Å². The molecule has 1 aliphatic carbocycles. The molecule has 2 nitrogen and oxygen atoms in total. The van der Waals surface area contributed by atoms with Crippen molar-refractivity contribution in [3.63, 3.8) is 0 Å². The van der Waals surface area contributed by atoms with Crippen molar-refractivity contribution < 1.29 is 13.3 Å². The van der Waals surface area contributed by atoms with Crippen LogP contribution in [0.5, 0.6) is 5.75 Å². The first-order valence-corrected chi connectivity index (χ1v) is 6.66. The Balaban J connectivity index is 2.32. The molecule has 0 bridgehead atoms. The van der Waals surface area contributed by atoms with Crippen LogP contribution in [-0.4, -0.2) is 30.5 Å². The lowest BCUT2D eigenvalue weighted by Crippen LogP contribution is -2.27. The minimum Gasteiger partial charge on any atom is -0.508 e. The first kappa shape index (κ1) is 7.54. The summed E-state index contributed by atoms with van der Waals surface area (Å²) in [6, 6.07) is 6.68. The van der Waals surface area contributed by atoms with E-state index in [2.05, 4.69) is 0 Å². The molecule has 0 radical (unpaired) electrons. The van der Waals surface area contributed by atoms with Crippen LogP contribution in [0.15, 0.2) is 24.3 Å². The van der Waals surface area contributed by atoms with E-state index in [9.17, 15) is 5.11 Å². The van der Waals surface area contributed by atoms with Crippen molar-refractivity contribution in [2.45, 2.75) is 38.0 Å². The van der Waals surface area contributed by atoms with Crippen LogP contribution in [0, 0.1) is 5.92 Å². The first-order valence-electron chi connectivity index (χ1n) is 9.66. The molecular formula is C16H25NO. The maximum atomic E-state index is 9.50. The Morgan fingerprint density at radius 3 is 2.50 bits per heavy atom. The summed E-state index contributed by atoms with van der Waals surface area (Å²) in [6.07, 6.45) is 5.28. The van der Waals surface area contributed by atoms with Crippen LogP contribution in [0.3, 0.4) is 0 Å². The van der Waals surface area contributed by atoms with E-state index >= 15 is 0 Å². The molecule has 1 N–H and O–H groups in total. The lowest BCUT2D eigenvalue weighted by Gasteiger charge is -2.32. The highest BCUT2D eigenvalue weighted by molar-refractivity contribution is 5.29. The highest BCUT2D eigenvalue weighted by atomic mass is 16.3. The van der Waals surface area contributed by atoms with Gasteiger partial charge in [-0.3, -0.25) is 0 Å². The van der Waals surface area contributed by atoms with Crippen molar-refractivity contribution in [1.29, 1.82) is 0 Å². The summed E-state index contributed by atoms with van der Waals surface area (Å²) in [7, 11) is 0. The smallest absolute Gasteiger partial charge is 0.115 e. The molecule has 18 heavy (non-hydrogen) atoms. The highest BCUT2D eigenvalue weighted by Gasteiger charge is 2.25. The Labute approximate surface area is 119 Å². The Kier molecular flexibility index (Phi) is 2.61. The van der Waals surface area contributed by atoms with Gasteiger partial charge in [-0.2, -0.15) is 0 Å². The summed E-state index contributed by atoms with van der Waals surface area (Å²) >= 11 is 0. The molecular weight excluding hydrogens is 222 g/mol. The van der Waals surface area contributed by atoms with Gasteiger partial charge in [0, 0.05) is 14.8 Å². The summed E-state index contributed by atoms with van der Waals surface area (Å²) in [5.41, 5.74) is 0.887. The largest absolute Gasteiger partial charge is 0.508 e. The summed E-state index contributed by atoms with van der Waals surface area (Å²) in [6.45, 7) is -5.38. The molecule has 0 amide bonds. The zero-order chi connectivity index (χ0) is 18.0. The van der Waals surface area contributed by atoms with Gasteiger partial charge >= 0.3 is 0 Å². The van der Waals surface area contributed by atoms with Crippen LogP contribution in [0.4, 0.5) is 0 Å². The van der Waals surface area contributed by atoms with Gasteiger partial charge in [0.1, 0.15) is 5.75 Å². The molecule has 100 valence electrons. The molecule has 1 aliphatic rings. The van der Waals surface area contributed by atoms with E-state index in [1.165, 1.54) is 6.42 Å². The summed E-state index contributed by atoms with van der Waals surface area (Å²) < 4.78 is 45.6. The lowest BCUT2D eigenvalue weighted by atomic mass is 9.76. The van der Waals surface area contributed by atoms with Gasteiger partial charge in [0.05, 0.1) is 0 Å². The maximum absolute atomic E-state index is 9.50. The summed E-state index contributed by atoms with van der Waals surface area (Å²) in [4.78, 5) is 0.659. The van der Waals surface area contributed by atoms with E-state index in [0.717, 1.165) is 31.2 Å². The average Bonchev–Trinajstić information content (AvgIpc) is 2.48. The number of nitrogens with zero attached hydrogens (tertiary/aromatic N) is 1. The van der Waals surface area contributed by atoms with E-state index < -0.39 is 14.0 Å². The van der Waals surface area contributed by atoms with Crippen LogP contribution in [0.1, 0.15) is 51.8 Å². The highest BCUT2D eigenvalue weighted by Crippen LogP contribution is 2.36. The standard InChI is InChI=1S/C16H25NO/c1-17(2)12-16(13-6-4-3-5-7-13)14-8-10-15(18)11-9-14/h8-11,13,16,18H,3-7,12H2,1-2H3/i1D3,2D3. The Hall–Kier alpha value is -1.02. The zero-order valence-electron chi connectivity index (χ0n) is 16.6. The third-order valence-electron chi connectivity index (χ3n) is 3.92. The van der Waals surface area contributed by atoms with E-state index in [-0.39, 0.29) is 24.1 Å². The second-order valence-corrected chi connectivity index (χ2v) is 5.21. The van der Waals surface area contributed by atoms with E-state index in [1.807, 2.05) is 0 Å². The Morgan fingerprint density at radius 2 is 1.89 bits per heavy atom. The third kappa shape index (κ3) is 3.49. The van der Waals surface area contributed by atoms with Crippen molar-refractivity contribution in [3.05, 3.63) is 29.8 Å². The van der Waals surface area contributed by atoms with Crippen molar-refractivity contribution in [1.82, 2.24) is 4.90 Å². The van der Waals surface area contributed by atoms with Gasteiger partial charge in [0.2, 0.25) is 0 Å². The second-order valence-electron chi connectivity index (χ2n) is 5.21. The fourth-order valence-electron chi connectivity index (χ4n) is 2.98. The predicted octanol–water partition coefficient (Wildman–Crippen LogP) is 3.62. The van der Waals surface area contributed by atoms with Crippen molar-refractivity contribution >= 4 is 0 Å². The third-order valence-corrected chi connectivity index (χ3v) is 3.92. The molecule has 0 spiro atoms. The molecule has 1 unspecified atom stereocenters. The normalized spacial score (nSPS) is 25.4. The molecule has 0 aromatic heterocycles. The molecule has 2 rings (SSSR count). The average molecular weight is 253 g/mol. The number of benzene rings is 1. The number of aromatic hydroxyl groups is 1. The van der Waals surface area contributed by atoms with Crippen LogP contribution in [0.25, 0.3) is 0 Å². The van der Waals surface area contributed by atoms with Crippen LogP contribution < -0.4 is 0 Å². The van der Waals surface area contributed by atoms with E-state index in [4.69, 9.17) is 8.22 Å². The molecule has 1 fully saturated rings. The zero-order valence-corrected chi connectivity index (χ0v) is 10.6. The number of phenols is 1. The monoisotopic (exact) mass is 253 g/mol. The van der Waals surface area contributed by atoms with Crippen LogP contribution in [0.2, 0.25) is 0 Å². The summed E-state index contributed by atoms with van der Waals surface area (Å²) in [5, 5.41) is 9.50. The van der Waals surface area contributed by atoms with Gasteiger partial charge in [0.25, 0.3) is 0 Å². The molecule has 1 atom stereocenters. The Morgan fingerprint density at radius 1 is 1.22 bits per heavy atom. The van der Waals surface area contributed by atoms with E-state index in [0.29, 0.717) is 4.90 Å². The minimum absolute atomic E-state index is 0.0392. The molecule has 0 aliphatic heterocycles. The molecule has 1 aromatic rings. The number of likely N-dealkylation sites (N-methyl/N-ethyl adjacent to an activating group) is 1. The van der Waals surface area contributed by atoms with Crippen LogP contribution >= 0.6 is 0 Å². The van der Waals surface area contributed by atoms with Crippen molar-refractivity contribution in [3.8, 4) is 5.75 Å². The number of rotatable bonds is 4.